The summed E-state index contributed by atoms with van der Waals surface area (Å²) in [6.45, 7) is 0.321. The Bertz CT molecular complexity index is 1130. The van der Waals surface area contributed by atoms with Crippen molar-refractivity contribution in [3.05, 3.63) is 71.0 Å². The van der Waals surface area contributed by atoms with E-state index in [0.29, 0.717) is 23.2 Å². The zero-order valence-corrected chi connectivity index (χ0v) is 15.4. The molecule has 3 N–H and O–H groups in total. The Hall–Kier alpha value is -3.53. The molecule has 1 aromatic carbocycles. The van der Waals surface area contributed by atoms with Crippen molar-refractivity contribution in [2.75, 3.05) is 11.1 Å². The molecule has 0 saturated heterocycles. The number of ether oxygens (including phenoxy) is 1. The summed E-state index contributed by atoms with van der Waals surface area (Å²) in [5.74, 6) is 0.526. The number of aromatic nitrogens is 5. The summed E-state index contributed by atoms with van der Waals surface area (Å²) < 4.78 is 7.72. The number of H-pyrrole nitrogens is 2. The Labute approximate surface area is 163 Å². The largest absolute Gasteiger partial charge is 0.487 e. The standard InChI is InChI=1S/C18H16N6O3S/c25-16(11-28-18-21-17(26)22-23-18)20-12-4-3-5-14(8-12)27-10-13-9-24-7-2-1-6-15(24)19-13/h1-9H,10-11H2,(H,20,25)(H2,21,22,23,26). The summed E-state index contributed by atoms with van der Waals surface area (Å²) in [6.07, 6.45) is 3.84. The summed E-state index contributed by atoms with van der Waals surface area (Å²) >= 11 is 1.13. The maximum absolute atomic E-state index is 12.1. The van der Waals surface area contributed by atoms with Crippen LogP contribution in [0.2, 0.25) is 0 Å². The number of thioether (sulfide) groups is 1. The van der Waals surface area contributed by atoms with Gasteiger partial charge >= 0.3 is 5.69 Å². The molecule has 4 rings (SSSR count). The highest BCUT2D eigenvalue weighted by Gasteiger charge is 2.07. The van der Waals surface area contributed by atoms with Crippen molar-refractivity contribution < 1.29 is 9.53 Å². The lowest BCUT2D eigenvalue weighted by atomic mass is 10.3. The third-order valence-electron chi connectivity index (χ3n) is 3.74. The Morgan fingerprint density at radius 3 is 3.00 bits per heavy atom. The highest BCUT2D eigenvalue weighted by molar-refractivity contribution is 7.99. The quantitative estimate of drug-likeness (QED) is 0.412. The van der Waals surface area contributed by atoms with E-state index < -0.39 is 5.69 Å². The second kappa shape index (κ2) is 8.01. The molecule has 0 saturated carbocycles. The molecule has 28 heavy (non-hydrogen) atoms. The monoisotopic (exact) mass is 396 g/mol. The summed E-state index contributed by atoms with van der Waals surface area (Å²) in [5, 5.41) is 9.14. The molecule has 0 radical (unpaired) electrons. The molecule has 1 amide bonds. The van der Waals surface area contributed by atoms with Crippen LogP contribution in [0.15, 0.2) is 64.8 Å². The lowest BCUT2D eigenvalue weighted by Crippen LogP contribution is -2.14. The van der Waals surface area contributed by atoms with Gasteiger partial charge in [-0.3, -0.25) is 9.78 Å². The number of imidazole rings is 1. The molecule has 0 atom stereocenters. The number of aromatic amines is 2. The molecule has 4 aromatic rings. The number of rotatable bonds is 7. The van der Waals surface area contributed by atoms with Crippen LogP contribution in [-0.4, -0.2) is 36.2 Å². The molecule has 10 heteroatoms. The zero-order valence-electron chi connectivity index (χ0n) is 14.6. The van der Waals surface area contributed by atoms with Gasteiger partial charge in [-0.25, -0.2) is 14.9 Å². The molecule has 3 aromatic heterocycles. The number of fused-ring (bicyclic) bond motifs is 1. The van der Waals surface area contributed by atoms with E-state index in [2.05, 4.69) is 25.5 Å². The second-order valence-electron chi connectivity index (χ2n) is 5.83. The molecule has 9 nitrogen and oxygen atoms in total. The molecule has 0 aliphatic heterocycles. The van der Waals surface area contributed by atoms with Crippen LogP contribution < -0.4 is 15.7 Å². The zero-order chi connectivity index (χ0) is 19.3. The van der Waals surface area contributed by atoms with E-state index in [1.54, 1.807) is 18.2 Å². The van der Waals surface area contributed by atoms with Gasteiger partial charge in [-0.05, 0) is 24.3 Å². The van der Waals surface area contributed by atoms with E-state index in [4.69, 9.17) is 4.74 Å². The fourth-order valence-corrected chi connectivity index (χ4v) is 3.15. The van der Waals surface area contributed by atoms with Crippen LogP contribution in [0.25, 0.3) is 5.65 Å². The lowest BCUT2D eigenvalue weighted by molar-refractivity contribution is -0.113. The molecular formula is C18H16N6O3S. The first-order valence-electron chi connectivity index (χ1n) is 8.38. The average Bonchev–Trinajstić information content (AvgIpc) is 3.30. The van der Waals surface area contributed by atoms with Gasteiger partial charge in [0.25, 0.3) is 0 Å². The van der Waals surface area contributed by atoms with Gasteiger partial charge in [0.05, 0.1) is 11.4 Å². The van der Waals surface area contributed by atoms with Crippen molar-refractivity contribution in [1.82, 2.24) is 24.6 Å². The number of hydrogen-bond donors (Lipinski definition) is 3. The smallest absolute Gasteiger partial charge is 0.341 e. The van der Waals surface area contributed by atoms with Gasteiger partial charge in [0.2, 0.25) is 5.91 Å². The van der Waals surface area contributed by atoms with Crippen molar-refractivity contribution in [3.8, 4) is 5.75 Å². The summed E-state index contributed by atoms with van der Waals surface area (Å²) in [5.41, 5.74) is 1.88. The SMILES string of the molecule is O=C(CSc1n[nH]c(=O)[nH]1)Nc1cccc(OCc2cn3ccccc3n2)c1. The summed E-state index contributed by atoms with van der Waals surface area (Å²) in [7, 11) is 0. The Kier molecular flexibility index (Phi) is 5.11. The predicted molar refractivity (Wildman–Crippen MR) is 105 cm³/mol. The highest BCUT2D eigenvalue weighted by Crippen LogP contribution is 2.19. The summed E-state index contributed by atoms with van der Waals surface area (Å²) in [6, 6.07) is 12.9. The van der Waals surface area contributed by atoms with Crippen molar-refractivity contribution in [2.45, 2.75) is 11.8 Å². The lowest BCUT2D eigenvalue weighted by Gasteiger charge is -2.08. The maximum Gasteiger partial charge on any atom is 0.341 e. The third-order valence-corrected chi connectivity index (χ3v) is 4.61. The topological polar surface area (TPSA) is 117 Å². The maximum atomic E-state index is 12.1. The third kappa shape index (κ3) is 4.41. The van der Waals surface area contributed by atoms with Crippen LogP contribution in [0.3, 0.4) is 0 Å². The van der Waals surface area contributed by atoms with Gasteiger partial charge in [0.15, 0.2) is 5.16 Å². The molecule has 0 aliphatic rings. The first-order chi connectivity index (χ1) is 13.7. The van der Waals surface area contributed by atoms with Crippen LogP contribution in [0.5, 0.6) is 5.75 Å². The normalized spacial score (nSPS) is 10.9. The van der Waals surface area contributed by atoms with Gasteiger partial charge in [0.1, 0.15) is 18.0 Å². The minimum atomic E-state index is -0.404. The minimum Gasteiger partial charge on any atom is -0.487 e. The summed E-state index contributed by atoms with van der Waals surface area (Å²) in [4.78, 5) is 30.0. The van der Waals surface area contributed by atoms with Gasteiger partial charge in [-0.2, -0.15) is 0 Å². The van der Waals surface area contributed by atoms with E-state index in [9.17, 15) is 9.59 Å². The van der Waals surface area contributed by atoms with Crippen molar-refractivity contribution in [1.29, 1.82) is 0 Å². The van der Waals surface area contributed by atoms with Crippen LogP contribution in [0.1, 0.15) is 5.69 Å². The van der Waals surface area contributed by atoms with E-state index in [1.807, 2.05) is 41.1 Å². The molecule has 142 valence electrons. The first-order valence-corrected chi connectivity index (χ1v) is 9.37. The molecule has 0 bridgehead atoms. The van der Waals surface area contributed by atoms with Crippen molar-refractivity contribution in [3.63, 3.8) is 0 Å². The second-order valence-corrected chi connectivity index (χ2v) is 6.80. The first kappa shape index (κ1) is 17.9. The Morgan fingerprint density at radius 1 is 1.25 bits per heavy atom. The van der Waals surface area contributed by atoms with Crippen LogP contribution in [0.4, 0.5) is 5.69 Å². The average molecular weight is 396 g/mol. The molecule has 0 spiro atoms. The van der Waals surface area contributed by atoms with Gasteiger partial charge in [-0.15, -0.1) is 5.10 Å². The molecule has 0 aliphatic carbocycles. The number of amides is 1. The predicted octanol–water partition coefficient (Wildman–Crippen LogP) is 2.06. The van der Waals surface area contributed by atoms with E-state index >= 15 is 0 Å². The number of pyridine rings is 1. The fourth-order valence-electron chi connectivity index (χ4n) is 2.53. The molecule has 3 heterocycles. The van der Waals surface area contributed by atoms with Crippen LogP contribution in [0, 0.1) is 0 Å². The van der Waals surface area contributed by atoms with Crippen LogP contribution >= 0.6 is 11.8 Å². The fraction of sp³-hybridized carbons (Fsp3) is 0.111. The van der Waals surface area contributed by atoms with E-state index in [-0.39, 0.29) is 11.7 Å². The van der Waals surface area contributed by atoms with Crippen LogP contribution in [-0.2, 0) is 11.4 Å². The number of carbonyl (C=O) groups is 1. The highest BCUT2D eigenvalue weighted by atomic mass is 32.2. The van der Waals surface area contributed by atoms with Gasteiger partial charge < -0.3 is 14.5 Å². The molecule has 0 fully saturated rings. The van der Waals surface area contributed by atoms with Crippen molar-refractivity contribution in [2.24, 2.45) is 0 Å². The Balaban J connectivity index is 1.33. The van der Waals surface area contributed by atoms with Gasteiger partial charge in [0, 0.05) is 24.1 Å². The molecular weight excluding hydrogens is 380 g/mol. The number of hydrogen-bond acceptors (Lipinski definition) is 6. The van der Waals surface area contributed by atoms with E-state index in [1.165, 1.54) is 0 Å². The number of carbonyl (C=O) groups excluding carboxylic acids is 1. The van der Waals surface area contributed by atoms with Crippen molar-refractivity contribution >= 4 is 29.0 Å². The number of anilines is 1. The molecule has 0 unspecified atom stereocenters. The number of nitrogens with one attached hydrogen (secondary N) is 3. The Morgan fingerprint density at radius 2 is 2.18 bits per heavy atom. The number of benzene rings is 1. The number of nitrogens with zero attached hydrogens (tertiary/aromatic N) is 3. The van der Waals surface area contributed by atoms with E-state index in [0.717, 1.165) is 23.1 Å². The van der Waals surface area contributed by atoms with Gasteiger partial charge in [-0.1, -0.05) is 23.9 Å². The minimum absolute atomic E-state index is 0.118.